The number of nitrogens with one attached hydrogen (secondary N) is 2. The Morgan fingerprint density at radius 1 is 1.38 bits per heavy atom. The van der Waals surface area contributed by atoms with E-state index in [1.807, 2.05) is 4.90 Å². The van der Waals surface area contributed by atoms with Crippen LogP contribution in [0.1, 0.15) is 32.6 Å². The van der Waals surface area contributed by atoms with Crippen molar-refractivity contribution in [3.05, 3.63) is 0 Å². The molecule has 0 atom stereocenters. The lowest BCUT2D eigenvalue weighted by Gasteiger charge is -2.33. The molecular formula is C12H23N3O. The van der Waals surface area contributed by atoms with Crippen molar-refractivity contribution < 1.29 is 4.79 Å². The average molecular weight is 225 g/mol. The van der Waals surface area contributed by atoms with Crippen LogP contribution < -0.4 is 10.6 Å². The normalized spacial score (nSPS) is 23.7. The van der Waals surface area contributed by atoms with Gasteiger partial charge in [-0.05, 0) is 44.2 Å². The molecule has 0 aliphatic carbocycles. The van der Waals surface area contributed by atoms with Gasteiger partial charge in [0.25, 0.3) is 0 Å². The number of likely N-dealkylation sites (tertiary alicyclic amines) is 1. The van der Waals surface area contributed by atoms with Gasteiger partial charge in [-0.1, -0.05) is 6.92 Å². The maximum absolute atomic E-state index is 11.8. The first-order chi connectivity index (χ1) is 7.76. The van der Waals surface area contributed by atoms with E-state index in [2.05, 4.69) is 17.6 Å². The number of urea groups is 1. The summed E-state index contributed by atoms with van der Waals surface area (Å²) in [5.41, 5.74) is 0.425. The third-order valence-electron chi connectivity index (χ3n) is 3.92. The SMILES string of the molecule is CCCNC(=O)N1CCC2(CCNCC2)C1. The summed E-state index contributed by atoms with van der Waals surface area (Å²) in [6.07, 6.45) is 4.65. The quantitative estimate of drug-likeness (QED) is 0.741. The second kappa shape index (κ2) is 5.04. The minimum atomic E-state index is 0.136. The molecule has 2 heterocycles. The number of piperidine rings is 1. The Morgan fingerprint density at radius 2 is 2.12 bits per heavy atom. The van der Waals surface area contributed by atoms with Crippen LogP contribution in [0.25, 0.3) is 0 Å². The zero-order chi connectivity index (χ0) is 11.4. The minimum Gasteiger partial charge on any atom is -0.338 e. The van der Waals surface area contributed by atoms with Crippen molar-refractivity contribution in [2.24, 2.45) is 5.41 Å². The van der Waals surface area contributed by atoms with E-state index in [1.54, 1.807) is 0 Å². The van der Waals surface area contributed by atoms with Crippen LogP contribution in [0, 0.1) is 5.41 Å². The summed E-state index contributed by atoms with van der Waals surface area (Å²) in [7, 11) is 0. The summed E-state index contributed by atoms with van der Waals surface area (Å²) >= 11 is 0. The fourth-order valence-electron chi connectivity index (χ4n) is 2.82. The highest BCUT2D eigenvalue weighted by Crippen LogP contribution is 2.38. The van der Waals surface area contributed by atoms with E-state index in [9.17, 15) is 4.79 Å². The third kappa shape index (κ3) is 2.48. The molecule has 0 radical (unpaired) electrons. The molecule has 0 aromatic rings. The first-order valence-electron chi connectivity index (χ1n) is 6.49. The number of carbonyl (C=O) groups excluding carboxylic acids is 1. The van der Waals surface area contributed by atoms with Crippen LogP contribution >= 0.6 is 0 Å². The Hall–Kier alpha value is -0.770. The zero-order valence-electron chi connectivity index (χ0n) is 10.2. The van der Waals surface area contributed by atoms with E-state index in [0.717, 1.165) is 39.1 Å². The molecule has 2 aliphatic rings. The molecule has 1 spiro atoms. The predicted molar refractivity (Wildman–Crippen MR) is 64.4 cm³/mol. The molecule has 92 valence electrons. The minimum absolute atomic E-state index is 0.136. The maximum Gasteiger partial charge on any atom is 0.317 e. The van der Waals surface area contributed by atoms with Crippen molar-refractivity contribution in [2.75, 3.05) is 32.7 Å². The standard InChI is InChI=1S/C12H23N3O/c1-2-6-14-11(16)15-9-5-12(10-15)3-7-13-8-4-12/h13H,2-10H2,1H3,(H,14,16). The molecule has 2 aliphatic heterocycles. The van der Waals surface area contributed by atoms with Gasteiger partial charge in [-0.25, -0.2) is 4.79 Å². The molecular weight excluding hydrogens is 202 g/mol. The second-order valence-corrected chi connectivity index (χ2v) is 5.15. The smallest absolute Gasteiger partial charge is 0.317 e. The van der Waals surface area contributed by atoms with Crippen LogP contribution in [0.15, 0.2) is 0 Å². The lowest BCUT2D eigenvalue weighted by atomic mass is 9.78. The Kier molecular flexibility index (Phi) is 3.69. The van der Waals surface area contributed by atoms with Crippen molar-refractivity contribution in [1.29, 1.82) is 0 Å². The largest absolute Gasteiger partial charge is 0.338 e. The molecule has 2 N–H and O–H groups in total. The number of hydrogen-bond donors (Lipinski definition) is 2. The van der Waals surface area contributed by atoms with Gasteiger partial charge in [0.2, 0.25) is 0 Å². The molecule has 0 saturated carbocycles. The molecule has 4 nitrogen and oxygen atoms in total. The molecule has 0 aromatic heterocycles. The third-order valence-corrected chi connectivity index (χ3v) is 3.92. The van der Waals surface area contributed by atoms with Gasteiger partial charge < -0.3 is 15.5 Å². The maximum atomic E-state index is 11.8. The summed E-state index contributed by atoms with van der Waals surface area (Å²) < 4.78 is 0. The van der Waals surface area contributed by atoms with Crippen LogP contribution in [0.4, 0.5) is 4.79 Å². The highest BCUT2D eigenvalue weighted by atomic mass is 16.2. The molecule has 4 heteroatoms. The Balaban J connectivity index is 1.84. The van der Waals surface area contributed by atoms with Gasteiger partial charge in [0.15, 0.2) is 0 Å². The summed E-state index contributed by atoms with van der Waals surface area (Å²) in [5, 5.41) is 6.36. The van der Waals surface area contributed by atoms with Crippen LogP contribution in [0.2, 0.25) is 0 Å². The van der Waals surface area contributed by atoms with Crippen LogP contribution in [0.3, 0.4) is 0 Å². The van der Waals surface area contributed by atoms with Crippen LogP contribution in [0.5, 0.6) is 0 Å². The van der Waals surface area contributed by atoms with E-state index in [4.69, 9.17) is 0 Å². The number of carbonyl (C=O) groups is 1. The highest BCUT2D eigenvalue weighted by Gasteiger charge is 2.40. The Labute approximate surface area is 97.8 Å². The van der Waals surface area contributed by atoms with Crippen molar-refractivity contribution in [3.63, 3.8) is 0 Å². The number of nitrogens with zero attached hydrogens (tertiary/aromatic N) is 1. The van der Waals surface area contributed by atoms with Gasteiger partial charge >= 0.3 is 6.03 Å². The van der Waals surface area contributed by atoms with E-state index in [0.29, 0.717) is 5.41 Å². The first-order valence-corrected chi connectivity index (χ1v) is 6.49. The molecule has 2 fully saturated rings. The van der Waals surface area contributed by atoms with Crippen LogP contribution in [-0.2, 0) is 0 Å². The molecule has 0 unspecified atom stereocenters. The van der Waals surface area contributed by atoms with Gasteiger partial charge in [0, 0.05) is 19.6 Å². The zero-order valence-corrected chi connectivity index (χ0v) is 10.2. The summed E-state index contributed by atoms with van der Waals surface area (Å²) in [5.74, 6) is 0. The monoisotopic (exact) mass is 225 g/mol. The average Bonchev–Trinajstić information content (AvgIpc) is 2.71. The van der Waals surface area contributed by atoms with Gasteiger partial charge in [-0.15, -0.1) is 0 Å². The number of hydrogen-bond acceptors (Lipinski definition) is 2. The van der Waals surface area contributed by atoms with Crippen molar-refractivity contribution in [3.8, 4) is 0 Å². The molecule has 2 amide bonds. The van der Waals surface area contributed by atoms with E-state index in [1.165, 1.54) is 19.3 Å². The highest BCUT2D eigenvalue weighted by molar-refractivity contribution is 5.74. The van der Waals surface area contributed by atoms with Crippen molar-refractivity contribution in [2.45, 2.75) is 32.6 Å². The van der Waals surface area contributed by atoms with E-state index >= 15 is 0 Å². The summed E-state index contributed by atoms with van der Waals surface area (Å²) in [6, 6.07) is 0.136. The predicted octanol–water partition coefficient (Wildman–Crippen LogP) is 1.18. The lowest BCUT2D eigenvalue weighted by molar-refractivity contribution is 0.183. The number of rotatable bonds is 2. The Morgan fingerprint density at radius 3 is 2.81 bits per heavy atom. The molecule has 2 saturated heterocycles. The summed E-state index contributed by atoms with van der Waals surface area (Å²) in [6.45, 7) is 7.01. The van der Waals surface area contributed by atoms with Gasteiger partial charge in [-0.2, -0.15) is 0 Å². The van der Waals surface area contributed by atoms with Crippen LogP contribution in [-0.4, -0.2) is 43.7 Å². The van der Waals surface area contributed by atoms with Gasteiger partial charge in [0.05, 0.1) is 0 Å². The van der Waals surface area contributed by atoms with Gasteiger partial charge in [-0.3, -0.25) is 0 Å². The Bertz CT molecular complexity index is 249. The van der Waals surface area contributed by atoms with Gasteiger partial charge in [0.1, 0.15) is 0 Å². The molecule has 2 rings (SSSR count). The lowest BCUT2D eigenvalue weighted by Crippen LogP contribution is -2.42. The fourth-order valence-corrected chi connectivity index (χ4v) is 2.82. The molecule has 16 heavy (non-hydrogen) atoms. The van der Waals surface area contributed by atoms with Crippen molar-refractivity contribution >= 4 is 6.03 Å². The topological polar surface area (TPSA) is 44.4 Å². The van der Waals surface area contributed by atoms with E-state index in [-0.39, 0.29) is 6.03 Å². The molecule has 0 aromatic carbocycles. The first kappa shape index (κ1) is 11.7. The summed E-state index contributed by atoms with van der Waals surface area (Å²) in [4.78, 5) is 13.8. The molecule has 0 bridgehead atoms. The second-order valence-electron chi connectivity index (χ2n) is 5.15. The fraction of sp³-hybridized carbons (Fsp3) is 0.917. The van der Waals surface area contributed by atoms with E-state index < -0.39 is 0 Å². The van der Waals surface area contributed by atoms with Crippen molar-refractivity contribution in [1.82, 2.24) is 15.5 Å². The number of amides is 2.